The highest BCUT2D eigenvalue weighted by Crippen LogP contribution is 2.26. The van der Waals surface area contributed by atoms with Gasteiger partial charge in [0.05, 0.1) is 0 Å². The Balaban J connectivity index is 1.75. The summed E-state index contributed by atoms with van der Waals surface area (Å²) in [4.78, 5) is 2.45. The first-order chi connectivity index (χ1) is 10.2. The van der Waals surface area contributed by atoms with Crippen LogP contribution in [0.4, 0.5) is 15.8 Å². The Kier molecular flexibility index (Phi) is 4.63. The highest BCUT2D eigenvalue weighted by Gasteiger charge is 2.15. The zero-order valence-corrected chi connectivity index (χ0v) is 13.9. The quantitative estimate of drug-likeness (QED) is 0.758. The van der Waals surface area contributed by atoms with Gasteiger partial charge in [0.15, 0.2) is 0 Å². The normalized spacial score (nSPS) is 14.5. The first-order valence-electron chi connectivity index (χ1n) is 7.26. The number of halogens is 2. The fourth-order valence-corrected chi connectivity index (χ4v) is 3.42. The van der Waals surface area contributed by atoms with Crippen molar-refractivity contribution in [3.8, 4) is 0 Å². The van der Waals surface area contributed by atoms with Gasteiger partial charge < -0.3 is 10.2 Å². The molecule has 0 aromatic heterocycles. The number of hydrogen-bond acceptors (Lipinski definition) is 2. The molecule has 0 bridgehead atoms. The number of nitrogens with zero attached hydrogens (tertiary/aromatic N) is 1. The summed E-state index contributed by atoms with van der Waals surface area (Å²) in [6.07, 6.45) is 2.55. The van der Waals surface area contributed by atoms with Gasteiger partial charge >= 0.3 is 0 Å². The lowest BCUT2D eigenvalue weighted by atomic mass is 10.1. The summed E-state index contributed by atoms with van der Waals surface area (Å²) >= 11 is 2.16. The molecule has 110 valence electrons. The average molecular weight is 396 g/mol. The minimum Gasteiger partial charge on any atom is -0.380 e. The van der Waals surface area contributed by atoms with Gasteiger partial charge in [0.25, 0.3) is 0 Å². The predicted molar refractivity (Wildman–Crippen MR) is 94.3 cm³/mol. The minimum atomic E-state index is -0.192. The average Bonchev–Trinajstić information content (AvgIpc) is 3.01. The van der Waals surface area contributed by atoms with Gasteiger partial charge in [-0.15, -0.1) is 0 Å². The largest absolute Gasteiger partial charge is 0.380 e. The van der Waals surface area contributed by atoms with E-state index < -0.39 is 0 Å². The molecule has 1 aliphatic rings. The van der Waals surface area contributed by atoms with E-state index in [1.165, 1.54) is 30.2 Å². The van der Waals surface area contributed by atoms with Crippen LogP contribution in [0, 0.1) is 9.39 Å². The number of hydrogen-bond donors (Lipinski definition) is 1. The fraction of sp³-hybridized carbons (Fsp3) is 0.294. The number of para-hydroxylation sites is 1. The first-order valence-corrected chi connectivity index (χ1v) is 8.34. The maximum atomic E-state index is 13.1. The van der Waals surface area contributed by atoms with Gasteiger partial charge in [-0.05, 0) is 65.3 Å². The van der Waals surface area contributed by atoms with Crippen molar-refractivity contribution in [3.05, 3.63) is 57.4 Å². The monoisotopic (exact) mass is 396 g/mol. The highest BCUT2D eigenvalue weighted by atomic mass is 127. The molecule has 21 heavy (non-hydrogen) atoms. The maximum Gasteiger partial charge on any atom is 0.124 e. The van der Waals surface area contributed by atoms with Crippen LogP contribution in [-0.2, 0) is 6.54 Å². The molecule has 0 aliphatic carbocycles. The van der Waals surface area contributed by atoms with Gasteiger partial charge in [-0.3, -0.25) is 0 Å². The summed E-state index contributed by atoms with van der Waals surface area (Å²) in [5.41, 5.74) is 3.59. The van der Waals surface area contributed by atoms with E-state index in [0.29, 0.717) is 0 Å². The summed E-state index contributed by atoms with van der Waals surface area (Å²) in [5.74, 6) is -0.192. The van der Waals surface area contributed by atoms with E-state index in [-0.39, 0.29) is 5.82 Å². The number of benzene rings is 2. The Morgan fingerprint density at radius 1 is 1.10 bits per heavy atom. The zero-order chi connectivity index (χ0) is 14.7. The molecule has 2 aromatic rings. The molecule has 1 heterocycles. The smallest absolute Gasteiger partial charge is 0.124 e. The topological polar surface area (TPSA) is 15.3 Å². The molecule has 2 aromatic carbocycles. The second-order valence-corrected chi connectivity index (χ2v) is 6.46. The van der Waals surface area contributed by atoms with Crippen molar-refractivity contribution in [2.75, 3.05) is 23.3 Å². The van der Waals surface area contributed by atoms with E-state index in [1.807, 2.05) is 0 Å². The summed E-state index contributed by atoms with van der Waals surface area (Å²) in [5, 5.41) is 3.42. The molecule has 0 atom stereocenters. The second kappa shape index (κ2) is 6.64. The van der Waals surface area contributed by atoms with Gasteiger partial charge in [-0.1, -0.05) is 18.2 Å². The number of nitrogens with one attached hydrogen (secondary N) is 1. The van der Waals surface area contributed by atoms with Crippen LogP contribution in [0.2, 0.25) is 0 Å². The Hall–Kier alpha value is -1.30. The molecule has 3 rings (SSSR count). The predicted octanol–water partition coefficient (Wildman–Crippen LogP) is 4.64. The van der Waals surface area contributed by atoms with Gasteiger partial charge in [-0.25, -0.2) is 4.39 Å². The van der Waals surface area contributed by atoms with Crippen LogP contribution in [-0.4, -0.2) is 13.1 Å². The van der Waals surface area contributed by atoms with Crippen molar-refractivity contribution in [1.29, 1.82) is 0 Å². The molecule has 1 aliphatic heterocycles. The van der Waals surface area contributed by atoms with Gasteiger partial charge in [0.2, 0.25) is 0 Å². The van der Waals surface area contributed by atoms with Crippen LogP contribution in [0.15, 0.2) is 42.5 Å². The molecule has 4 heteroatoms. The van der Waals surface area contributed by atoms with Crippen molar-refractivity contribution in [2.24, 2.45) is 0 Å². The van der Waals surface area contributed by atoms with Crippen molar-refractivity contribution >= 4 is 34.0 Å². The fourth-order valence-electron chi connectivity index (χ4n) is 2.75. The van der Waals surface area contributed by atoms with Crippen LogP contribution in [0.3, 0.4) is 0 Å². The van der Waals surface area contributed by atoms with Gasteiger partial charge in [0.1, 0.15) is 5.82 Å². The van der Waals surface area contributed by atoms with E-state index >= 15 is 0 Å². The molecular weight excluding hydrogens is 378 g/mol. The molecule has 2 nitrogen and oxygen atoms in total. The van der Waals surface area contributed by atoms with Crippen LogP contribution in [0.25, 0.3) is 0 Å². The van der Waals surface area contributed by atoms with Gasteiger partial charge in [-0.2, -0.15) is 0 Å². The van der Waals surface area contributed by atoms with Crippen LogP contribution in [0.5, 0.6) is 0 Å². The summed E-state index contributed by atoms with van der Waals surface area (Å²) in [6.45, 7) is 3.05. The standard InChI is InChI=1S/C17H18FIN2/c18-14-7-8-16(15(19)11-14)20-12-13-5-1-2-6-17(13)21-9-3-4-10-21/h1-2,5-8,11,20H,3-4,9-10,12H2. The van der Waals surface area contributed by atoms with Gasteiger partial charge in [0, 0.05) is 34.6 Å². The summed E-state index contributed by atoms with van der Waals surface area (Å²) in [7, 11) is 0. The number of anilines is 2. The molecule has 0 radical (unpaired) electrons. The lowest BCUT2D eigenvalue weighted by Crippen LogP contribution is -2.20. The van der Waals surface area contributed by atoms with Crippen molar-refractivity contribution < 1.29 is 4.39 Å². The third-order valence-electron chi connectivity index (χ3n) is 3.84. The Morgan fingerprint density at radius 3 is 2.62 bits per heavy atom. The molecule has 1 fully saturated rings. The first kappa shape index (κ1) is 14.6. The molecule has 0 spiro atoms. The molecule has 0 amide bonds. The molecule has 1 N–H and O–H groups in total. The van der Waals surface area contributed by atoms with Crippen molar-refractivity contribution in [2.45, 2.75) is 19.4 Å². The number of rotatable bonds is 4. The zero-order valence-electron chi connectivity index (χ0n) is 11.8. The molecule has 0 saturated carbocycles. The van der Waals surface area contributed by atoms with E-state index in [0.717, 1.165) is 28.9 Å². The Labute approximate surface area is 138 Å². The summed E-state index contributed by atoms with van der Waals surface area (Å²) < 4.78 is 14.0. The SMILES string of the molecule is Fc1ccc(NCc2ccccc2N2CCCC2)c(I)c1. The van der Waals surface area contributed by atoms with Crippen molar-refractivity contribution in [1.82, 2.24) is 0 Å². The van der Waals surface area contributed by atoms with Crippen LogP contribution >= 0.6 is 22.6 Å². The lowest BCUT2D eigenvalue weighted by Gasteiger charge is -2.22. The van der Waals surface area contributed by atoms with E-state index in [4.69, 9.17) is 0 Å². The van der Waals surface area contributed by atoms with Crippen LogP contribution < -0.4 is 10.2 Å². The van der Waals surface area contributed by atoms with Crippen LogP contribution in [0.1, 0.15) is 18.4 Å². The van der Waals surface area contributed by atoms with Crippen molar-refractivity contribution in [3.63, 3.8) is 0 Å². The molecule has 0 unspecified atom stereocenters. The van der Waals surface area contributed by atoms with E-state index in [1.54, 1.807) is 12.1 Å². The van der Waals surface area contributed by atoms with E-state index in [9.17, 15) is 4.39 Å². The van der Waals surface area contributed by atoms with E-state index in [2.05, 4.69) is 57.1 Å². The Morgan fingerprint density at radius 2 is 1.86 bits per heavy atom. The third kappa shape index (κ3) is 3.48. The second-order valence-electron chi connectivity index (χ2n) is 5.30. The maximum absolute atomic E-state index is 13.1. The lowest BCUT2D eigenvalue weighted by molar-refractivity contribution is 0.627. The Bertz CT molecular complexity index is 624. The highest BCUT2D eigenvalue weighted by molar-refractivity contribution is 14.1. The summed E-state index contributed by atoms with van der Waals surface area (Å²) in [6, 6.07) is 13.4. The third-order valence-corrected chi connectivity index (χ3v) is 4.73. The molecular formula is C17H18FIN2. The minimum absolute atomic E-state index is 0.192. The molecule has 1 saturated heterocycles.